The minimum atomic E-state index is -0.373. The average Bonchev–Trinajstić information content (AvgIpc) is 2.91. The van der Waals surface area contributed by atoms with Gasteiger partial charge in [0.2, 0.25) is 0 Å². The summed E-state index contributed by atoms with van der Waals surface area (Å²) in [6, 6.07) is 31.7. The van der Waals surface area contributed by atoms with Gasteiger partial charge < -0.3 is 11.5 Å². The number of amidine groups is 1. The Morgan fingerprint density at radius 2 is 1.42 bits per heavy atom. The van der Waals surface area contributed by atoms with Gasteiger partial charge in [0.25, 0.3) is 5.91 Å². The molecule has 8 heteroatoms. The maximum Gasteiger partial charge on any atom is 0.288 e. The highest BCUT2D eigenvalue weighted by atomic mass is 16.2. The fraction of sp³-hybridized carbons (Fsp3) is 0. The van der Waals surface area contributed by atoms with Gasteiger partial charge in [-0.05, 0) is 35.9 Å². The van der Waals surface area contributed by atoms with Gasteiger partial charge in [-0.2, -0.15) is 5.11 Å². The van der Waals surface area contributed by atoms with Crippen LogP contribution in [-0.2, 0) is 4.79 Å². The fourth-order valence-electron chi connectivity index (χ4n) is 3.68. The molecule has 0 aliphatic carbocycles. The quantitative estimate of drug-likeness (QED) is 0.198. The highest BCUT2D eigenvalue weighted by Crippen LogP contribution is 2.36. The molecule has 176 valence electrons. The maximum absolute atomic E-state index is 13.1. The molecule has 4 aromatic carbocycles. The molecule has 0 radical (unpaired) electrons. The van der Waals surface area contributed by atoms with E-state index in [9.17, 15) is 4.79 Å². The number of anilines is 3. The number of nitrogens with two attached hydrogens (primary N) is 2. The van der Waals surface area contributed by atoms with Gasteiger partial charge in [0.05, 0.1) is 22.7 Å². The molecule has 0 aromatic heterocycles. The second kappa shape index (κ2) is 9.94. The van der Waals surface area contributed by atoms with Crippen molar-refractivity contribution in [3.8, 4) is 0 Å². The standard InChI is InChI=1S/C28H23N7O/c29-22-17-23(30)26(18-24(22)33-32-21-14-8-3-9-15-21)35-27(20-12-6-2-7-13-20)31-25(28(36)34-35)16-19-10-4-1-5-11-19/h1-18H,29-30H2,(H,34,36)/b25-16-,33-32?. The Morgan fingerprint density at radius 1 is 0.778 bits per heavy atom. The van der Waals surface area contributed by atoms with Crippen LogP contribution in [0.15, 0.2) is 124 Å². The number of azo groups is 1. The fourth-order valence-corrected chi connectivity index (χ4v) is 3.68. The zero-order valence-electron chi connectivity index (χ0n) is 19.2. The second-order valence-electron chi connectivity index (χ2n) is 8.02. The minimum Gasteiger partial charge on any atom is -0.397 e. The SMILES string of the molecule is Nc1cc(N)c(N2NC(=O)/C(=C/c3ccccc3)N=C2c2ccccc2)cc1N=Nc1ccccc1. The van der Waals surface area contributed by atoms with Gasteiger partial charge in [0.15, 0.2) is 5.84 Å². The first kappa shape index (κ1) is 22.5. The summed E-state index contributed by atoms with van der Waals surface area (Å²) in [6.45, 7) is 0. The van der Waals surface area contributed by atoms with E-state index < -0.39 is 0 Å². The first-order valence-electron chi connectivity index (χ1n) is 11.3. The highest BCUT2D eigenvalue weighted by Gasteiger charge is 2.28. The number of nitrogens with one attached hydrogen (secondary N) is 1. The third-order valence-electron chi connectivity index (χ3n) is 5.47. The van der Waals surface area contributed by atoms with E-state index in [4.69, 9.17) is 16.5 Å². The second-order valence-corrected chi connectivity index (χ2v) is 8.02. The van der Waals surface area contributed by atoms with Crippen molar-refractivity contribution < 1.29 is 4.79 Å². The third-order valence-corrected chi connectivity index (χ3v) is 5.47. The number of nitrogens with zero attached hydrogens (tertiary/aromatic N) is 4. The van der Waals surface area contributed by atoms with E-state index in [1.54, 1.807) is 23.2 Å². The molecule has 0 fully saturated rings. The number of hydrogen-bond acceptors (Lipinski definition) is 7. The molecule has 5 rings (SSSR count). The highest BCUT2D eigenvalue weighted by molar-refractivity contribution is 6.18. The Kier molecular flexibility index (Phi) is 6.23. The number of rotatable bonds is 5. The van der Waals surface area contributed by atoms with Gasteiger partial charge in [-0.25, -0.2) is 10.0 Å². The van der Waals surface area contributed by atoms with Gasteiger partial charge in [-0.1, -0.05) is 78.9 Å². The lowest BCUT2D eigenvalue weighted by atomic mass is 10.1. The normalized spacial score (nSPS) is 14.7. The zero-order valence-corrected chi connectivity index (χ0v) is 19.2. The molecular formula is C28H23N7O. The zero-order chi connectivity index (χ0) is 24.9. The summed E-state index contributed by atoms with van der Waals surface area (Å²) in [6.07, 6.45) is 1.74. The van der Waals surface area contributed by atoms with Gasteiger partial charge in [0, 0.05) is 5.56 Å². The molecule has 0 saturated carbocycles. The van der Waals surface area contributed by atoms with Crippen molar-refractivity contribution in [1.29, 1.82) is 0 Å². The number of aliphatic imine (C=N–C) groups is 1. The smallest absolute Gasteiger partial charge is 0.288 e. The summed E-state index contributed by atoms with van der Waals surface area (Å²) in [4.78, 5) is 17.8. The molecule has 1 aliphatic heterocycles. The Labute approximate surface area is 208 Å². The summed E-state index contributed by atoms with van der Waals surface area (Å²) in [5.41, 5.74) is 19.7. The summed E-state index contributed by atoms with van der Waals surface area (Å²) >= 11 is 0. The number of benzene rings is 4. The van der Waals surface area contributed by atoms with Crippen molar-refractivity contribution in [2.24, 2.45) is 15.2 Å². The van der Waals surface area contributed by atoms with Gasteiger partial charge in [-0.15, -0.1) is 5.11 Å². The Balaban J connectivity index is 1.59. The lowest BCUT2D eigenvalue weighted by Gasteiger charge is -2.31. The molecule has 36 heavy (non-hydrogen) atoms. The van der Waals surface area contributed by atoms with Crippen LogP contribution >= 0.6 is 0 Å². The van der Waals surface area contributed by atoms with Crippen LogP contribution in [0, 0.1) is 0 Å². The van der Waals surface area contributed by atoms with Crippen molar-refractivity contribution in [2.45, 2.75) is 0 Å². The van der Waals surface area contributed by atoms with E-state index in [0.717, 1.165) is 11.1 Å². The number of carbonyl (C=O) groups excluding carboxylic acids is 1. The van der Waals surface area contributed by atoms with Crippen LogP contribution in [0.5, 0.6) is 0 Å². The Hall–Kier alpha value is -5.24. The van der Waals surface area contributed by atoms with E-state index in [0.29, 0.717) is 34.3 Å². The molecule has 0 bridgehead atoms. The van der Waals surface area contributed by atoms with Crippen LogP contribution in [0.4, 0.5) is 28.4 Å². The number of carbonyl (C=O) groups is 1. The van der Waals surface area contributed by atoms with Gasteiger partial charge in [0.1, 0.15) is 11.4 Å². The first-order chi connectivity index (χ1) is 17.6. The predicted molar refractivity (Wildman–Crippen MR) is 144 cm³/mol. The molecule has 1 heterocycles. The van der Waals surface area contributed by atoms with Crippen LogP contribution in [-0.4, -0.2) is 11.7 Å². The molecule has 0 spiro atoms. The summed E-state index contributed by atoms with van der Waals surface area (Å²) in [5, 5.41) is 10.1. The summed E-state index contributed by atoms with van der Waals surface area (Å²) < 4.78 is 0. The third kappa shape index (κ3) is 4.83. The van der Waals surface area contributed by atoms with Gasteiger partial charge in [-0.3, -0.25) is 10.2 Å². The number of hydrazine groups is 1. The largest absolute Gasteiger partial charge is 0.397 e. The molecule has 5 N–H and O–H groups in total. The number of hydrogen-bond donors (Lipinski definition) is 3. The monoisotopic (exact) mass is 473 g/mol. The lowest BCUT2D eigenvalue weighted by Crippen LogP contribution is -2.51. The topological polar surface area (TPSA) is 121 Å². The van der Waals surface area contributed by atoms with E-state index in [2.05, 4.69) is 15.7 Å². The van der Waals surface area contributed by atoms with Crippen molar-refractivity contribution in [2.75, 3.05) is 16.5 Å². The minimum absolute atomic E-state index is 0.273. The van der Waals surface area contributed by atoms with Crippen molar-refractivity contribution in [3.63, 3.8) is 0 Å². The molecule has 0 atom stereocenters. The van der Waals surface area contributed by atoms with E-state index in [-0.39, 0.29) is 11.6 Å². The van der Waals surface area contributed by atoms with E-state index in [1.807, 2.05) is 91.0 Å². The maximum atomic E-state index is 13.1. The molecular weight excluding hydrogens is 450 g/mol. The predicted octanol–water partition coefficient (Wildman–Crippen LogP) is 5.61. The van der Waals surface area contributed by atoms with Crippen molar-refractivity contribution in [1.82, 2.24) is 5.43 Å². The molecule has 1 aliphatic rings. The molecule has 0 saturated heterocycles. The van der Waals surface area contributed by atoms with Crippen LogP contribution in [0.3, 0.4) is 0 Å². The van der Waals surface area contributed by atoms with Crippen LogP contribution in [0.2, 0.25) is 0 Å². The first-order valence-corrected chi connectivity index (χ1v) is 11.3. The summed E-state index contributed by atoms with van der Waals surface area (Å²) in [7, 11) is 0. The summed E-state index contributed by atoms with van der Waals surface area (Å²) in [5.74, 6) is 0.127. The van der Waals surface area contributed by atoms with E-state index >= 15 is 0 Å². The van der Waals surface area contributed by atoms with E-state index in [1.165, 1.54) is 0 Å². The molecule has 1 amide bonds. The molecule has 0 unspecified atom stereocenters. The van der Waals surface area contributed by atoms with Crippen molar-refractivity contribution >= 4 is 46.3 Å². The molecule has 4 aromatic rings. The van der Waals surface area contributed by atoms with Crippen LogP contribution < -0.4 is 21.9 Å². The van der Waals surface area contributed by atoms with Crippen LogP contribution in [0.1, 0.15) is 11.1 Å². The van der Waals surface area contributed by atoms with Crippen molar-refractivity contribution in [3.05, 3.63) is 120 Å². The molecule has 8 nitrogen and oxygen atoms in total. The average molecular weight is 474 g/mol. The Bertz CT molecular complexity index is 1480. The van der Waals surface area contributed by atoms with Gasteiger partial charge >= 0.3 is 0 Å². The van der Waals surface area contributed by atoms with Crippen LogP contribution in [0.25, 0.3) is 6.08 Å². The number of nitrogen functional groups attached to an aromatic ring is 2. The lowest BCUT2D eigenvalue weighted by molar-refractivity contribution is -0.117. The Morgan fingerprint density at radius 3 is 2.11 bits per heavy atom. The number of amides is 1.